The van der Waals surface area contributed by atoms with Crippen LogP contribution in [-0.2, 0) is 14.3 Å². The molecule has 1 saturated heterocycles. The maximum Gasteiger partial charge on any atom is 0.307 e. The summed E-state index contributed by atoms with van der Waals surface area (Å²) in [5.41, 5.74) is 0.128. The Balaban J connectivity index is 1.37. The van der Waals surface area contributed by atoms with Crippen molar-refractivity contribution in [2.24, 2.45) is 35.0 Å². The molecule has 4 aliphatic carbocycles. The topological polar surface area (TPSA) is 75.6 Å². The first kappa shape index (κ1) is 14.9. The Morgan fingerprint density at radius 1 is 1.12 bits per heavy atom. The summed E-state index contributed by atoms with van der Waals surface area (Å²) in [6.45, 7) is 0.804. The van der Waals surface area contributed by atoms with Gasteiger partial charge >= 0.3 is 5.97 Å². The first-order valence-corrected chi connectivity index (χ1v) is 9.45. The second kappa shape index (κ2) is 5.07. The number of allylic oxidation sites excluding steroid dienone is 2. The molecule has 24 heavy (non-hydrogen) atoms. The lowest BCUT2D eigenvalue weighted by molar-refractivity contribution is -0.155. The second-order valence-corrected chi connectivity index (χ2v) is 8.51. The van der Waals surface area contributed by atoms with Gasteiger partial charge in [0.2, 0.25) is 5.91 Å². The summed E-state index contributed by atoms with van der Waals surface area (Å²) in [7, 11) is 0. The minimum atomic E-state index is -0.821. The number of hydrogen-bond donors (Lipinski definition) is 2. The van der Waals surface area contributed by atoms with Crippen molar-refractivity contribution in [3.05, 3.63) is 12.2 Å². The number of fused-ring (bicyclic) bond motifs is 4. The normalized spacial score (nSPS) is 46.9. The van der Waals surface area contributed by atoms with Crippen LogP contribution in [0.4, 0.5) is 0 Å². The van der Waals surface area contributed by atoms with E-state index in [4.69, 9.17) is 4.74 Å². The fourth-order valence-electron chi connectivity index (χ4n) is 6.67. The first-order chi connectivity index (χ1) is 11.6. The number of nitrogens with one attached hydrogen (secondary N) is 1. The minimum Gasteiger partial charge on any atom is -0.481 e. The van der Waals surface area contributed by atoms with Gasteiger partial charge in [-0.2, -0.15) is 0 Å². The molecule has 7 unspecified atom stereocenters. The first-order valence-electron chi connectivity index (χ1n) is 9.45. The van der Waals surface area contributed by atoms with Gasteiger partial charge in [-0.1, -0.05) is 25.0 Å². The lowest BCUT2D eigenvalue weighted by Crippen LogP contribution is -2.69. The standard InChI is InChI=1S/C19H25NO4/c21-17(13-10-3-4-11(9-10)14(13)18(22)23)20-15-12-5-8-24-16(12)19(15)6-1-2-7-19/h3-4,10-16H,1-2,5-9H2,(H,20,21)(H,22,23). The van der Waals surface area contributed by atoms with Gasteiger partial charge in [-0.3, -0.25) is 9.59 Å². The van der Waals surface area contributed by atoms with E-state index in [1.807, 2.05) is 6.08 Å². The van der Waals surface area contributed by atoms with E-state index < -0.39 is 17.8 Å². The molecule has 1 spiro atoms. The van der Waals surface area contributed by atoms with Gasteiger partial charge < -0.3 is 15.2 Å². The van der Waals surface area contributed by atoms with Crippen molar-refractivity contribution in [3.8, 4) is 0 Å². The average molecular weight is 331 g/mol. The number of ether oxygens (including phenoxy) is 1. The smallest absolute Gasteiger partial charge is 0.307 e. The third-order valence-electron chi connectivity index (χ3n) is 7.63. The molecule has 5 nitrogen and oxygen atoms in total. The molecule has 0 aromatic rings. The van der Waals surface area contributed by atoms with Crippen LogP contribution >= 0.6 is 0 Å². The van der Waals surface area contributed by atoms with Crippen molar-refractivity contribution in [3.63, 3.8) is 0 Å². The molecular formula is C19H25NO4. The van der Waals surface area contributed by atoms with Crippen LogP contribution in [0.5, 0.6) is 0 Å². The number of hydrogen-bond acceptors (Lipinski definition) is 3. The Labute approximate surface area is 141 Å². The Kier molecular flexibility index (Phi) is 3.16. The Bertz CT molecular complexity index is 608. The summed E-state index contributed by atoms with van der Waals surface area (Å²) in [6, 6.07) is 0.192. The van der Waals surface area contributed by atoms with Gasteiger partial charge in [-0.05, 0) is 37.5 Å². The number of aliphatic carboxylic acids is 1. The van der Waals surface area contributed by atoms with Crippen LogP contribution in [-0.4, -0.2) is 35.7 Å². The molecule has 1 amide bonds. The highest BCUT2D eigenvalue weighted by Crippen LogP contribution is 2.61. The molecule has 0 aromatic carbocycles. The average Bonchev–Trinajstić information content (AvgIpc) is 3.34. The van der Waals surface area contributed by atoms with Gasteiger partial charge in [0.15, 0.2) is 0 Å². The fourth-order valence-corrected chi connectivity index (χ4v) is 6.67. The zero-order valence-corrected chi connectivity index (χ0v) is 13.8. The summed E-state index contributed by atoms with van der Waals surface area (Å²) in [6.07, 6.45) is 10.9. The van der Waals surface area contributed by atoms with Crippen molar-refractivity contribution >= 4 is 11.9 Å². The number of rotatable bonds is 3. The predicted molar refractivity (Wildman–Crippen MR) is 86.0 cm³/mol. The maximum atomic E-state index is 13.0. The van der Waals surface area contributed by atoms with E-state index in [0.29, 0.717) is 12.0 Å². The Morgan fingerprint density at radius 2 is 1.83 bits per heavy atom. The lowest BCUT2D eigenvalue weighted by atomic mass is 9.54. The molecule has 2 N–H and O–H groups in total. The van der Waals surface area contributed by atoms with E-state index in [9.17, 15) is 14.7 Å². The zero-order valence-electron chi connectivity index (χ0n) is 13.8. The third-order valence-corrected chi connectivity index (χ3v) is 7.63. The van der Waals surface area contributed by atoms with Gasteiger partial charge in [0.25, 0.3) is 0 Å². The van der Waals surface area contributed by atoms with Gasteiger partial charge in [0.1, 0.15) is 0 Å². The molecule has 2 bridgehead atoms. The molecule has 0 aromatic heterocycles. The highest BCUT2D eigenvalue weighted by molar-refractivity contribution is 5.87. The molecule has 0 radical (unpaired) electrons. The van der Waals surface area contributed by atoms with Crippen LogP contribution in [0.25, 0.3) is 0 Å². The van der Waals surface area contributed by atoms with Crippen LogP contribution in [0.3, 0.4) is 0 Å². The highest BCUT2D eigenvalue weighted by Gasteiger charge is 2.65. The Morgan fingerprint density at radius 3 is 2.54 bits per heavy atom. The van der Waals surface area contributed by atoms with Crippen molar-refractivity contribution in [1.82, 2.24) is 5.32 Å². The summed E-state index contributed by atoms with van der Waals surface area (Å²) in [4.78, 5) is 24.7. The maximum absolute atomic E-state index is 13.0. The monoisotopic (exact) mass is 331 g/mol. The molecule has 3 saturated carbocycles. The molecule has 5 aliphatic rings. The van der Waals surface area contributed by atoms with E-state index >= 15 is 0 Å². The van der Waals surface area contributed by atoms with E-state index in [0.717, 1.165) is 32.3 Å². The summed E-state index contributed by atoms with van der Waals surface area (Å²) in [5, 5.41) is 12.9. The fraction of sp³-hybridized carbons (Fsp3) is 0.789. The van der Waals surface area contributed by atoms with Gasteiger partial charge in [-0.15, -0.1) is 0 Å². The van der Waals surface area contributed by atoms with E-state index in [2.05, 4.69) is 11.4 Å². The van der Waals surface area contributed by atoms with Crippen molar-refractivity contribution < 1.29 is 19.4 Å². The molecule has 1 aliphatic heterocycles. The van der Waals surface area contributed by atoms with Crippen LogP contribution < -0.4 is 5.32 Å². The number of carbonyl (C=O) groups is 2. The van der Waals surface area contributed by atoms with Crippen LogP contribution in [0.15, 0.2) is 12.2 Å². The second-order valence-electron chi connectivity index (χ2n) is 8.51. The molecule has 7 atom stereocenters. The van der Waals surface area contributed by atoms with Crippen LogP contribution in [0, 0.1) is 35.0 Å². The van der Waals surface area contributed by atoms with Crippen molar-refractivity contribution in [1.29, 1.82) is 0 Å². The number of carboxylic acids is 1. The van der Waals surface area contributed by atoms with Gasteiger partial charge in [-0.25, -0.2) is 0 Å². The molecular weight excluding hydrogens is 306 g/mol. The van der Waals surface area contributed by atoms with Crippen LogP contribution in [0.2, 0.25) is 0 Å². The minimum absolute atomic E-state index is 0.0270. The summed E-state index contributed by atoms with van der Waals surface area (Å²) in [5.74, 6) is -1.21. The van der Waals surface area contributed by atoms with Crippen molar-refractivity contribution in [2.45, 2.75) is 50.7 Å². The van der Waals surface area contributed by atoms with Crippen molar-refractivity contribution in [2.75, 3.05) is 6.61 Å². The molecule has 1 heterocycles. The number of amides is 1. The molecule has 5 rings (SSSR count). The van der Waals surface area contributed by atoms with Crippen LogP contribution in [0.1, 0.15) is 38.5 Å². The SMILES string of the molecule is O=C(O)C1C2C=CC(C2)C1C(=O)NC1C2CCOC2C12CCCC2. The third kappa shape index (κ3) is 1.79. The predicted octanol–water partition coefficient (Wildman–Crippen LogP) is 1.97. The zero-order chi connectivity index (χ0) is 16.5. The van der Waals surface area contributed by atoms with Gasteiger partial charge in [0, 0.05) is 24.0 Å². The number of carbonyl (C=O) groups excluding carboxylic acids is 1. The van der Waals surface area contributed by atoms with E-state index in [-0.39, 0.29) is 29.2 Å². The quantitative estimate of drug-likeness (QED) is 0.775. The molecule has 5 heteroatoms. The lowest BCUT2D eigenvalue weighted by Gasteiger charge is -2.57. The Hall–Kier alpha value is -1.36. The summed E-state index contributed by atoms with van der Waals surface area (Å²) >= 11 is 0. The number of carboxylic acid groups (broad SMARTS) is 1. The summed E-state index contributed by atoms with van der Waals surface area (Å²) < 4.78 is 5.98. The largest absolute Gasteiger partial charge is 0.481 e. The van der Waals surface area contributed by atoms with E-state index in [1.54, 1.807) is 0 Å². The molecule has 130 valence electrons. The van der Waals surface area contributed by atoms with E-state index in [1.165, 1.54) is 12.8 Å². The van der Waals surface area contributed by atoms with Gasteiger partial charge in [0.05, 0.1) is 17.9 Å². The highest BCUT2D eigenvalue weighted by atomic mass is 16.5. The molecule has 4 fully saturated rings.